The van der Waals surface area contributed by atoms with Crippen LogP contribution in [0.3, 0.4) is 0 Å². The molecule has 2 rings (SSSR count). The van der Waals surface area contributed by atoms with Gasteiger partial charge in [-0.3, -0.25) is 4.79 Å². The van der Waals surface area contributed by atoms with Gasteiger partial charge in [-0.2, -0.15) is 0 Å². The number of benzene rings is 1. The molecular formula is C14H19NO2. The summed E-state index contributed by atoms with van der Waals surface area (Å²) in [5.74, 6) is -0.432. The molecule has 0 aromatic heterocycles. The van der Waals surface area contributed by atoms with Crippen LogP contribution in [0, 0.1) is 5.92 Å². The van der Waals surface area contributed by atoms with Crippen molar-refractivity contribution in [2.24, 2.45) is 5.92 Å². The van der Waals surface area contributed by atoms with Gasteiger partial charge in [0.1, 0.15) is 0 Å². The van der Waals surface area contributed by atoms with Gasteiger partial charge in [-0.05, 0) is 24.6 Å². The van der Waals surface area contributed by atoms with Crippen molar-refractivity contribution in [2.45, 2.75) is 19.3 Å². The Hall–Kier alpha value is -1.35. The second kappa shape index (κ2) is 4.88. The Kier molecular flexibility index (Phi) is 3.48. The van der Waals surface area contributed by atoms with Gasteiger partial charge in [-0.1, -0.05) is 31.2 Å². The number of nitrogens with zero attached hydrogens (tertiary/aromatic N) is 1. The van der Waals surface area contributed by atoms with E-state index in [4.69, 9.17) is 5.11 Å². The van der Waals surface area contributed by atoms with Crippen LogP contribution in [0.15, 0.2) is 24.3 Å². The number of carboxylic acid groups (broad SMARTS) is 1. The molecule has 0 heterocycles. The van der Waals surface area contributed by atoms with Crippen LogP contribution >= 0.6 is 0 Å². The highest BCUT2D eigenvalue weighted by molar-refractivity contribution is 5.69. The highest BCUT2D eigenvalue weighted by Gasteiger charge is 2.27. The second-order valence-corrected chi connectivity index (χ2v) is 5.06. The molecule has 0 saturated heterocycles. The monoisotopic (exact) mass is 233 g/mol. The molecule has 0 spiro atoms. The molecule has 1 aliphatic carbocycles. The summed E-state index contributed by atoms with van der Waals surface area (Å²) in [5.41, 5.74) is 2.87. The van der Waals surface area contributed by atoms with E-state index in [1.807, 2.05) is 7.05 Å². The molecule has 1 aliphatic rings. The average molecular weight is 233 g/mol. The van der Waals surface area contributed by atoms with E-state index in [0.717, 1.165) is 13.0 Å². The fourth-order valence-corrected chi connectivity index (χ4v) is 2.52. The van der Waals surface area contributed by atoms with Gasteiger partial charge in [0.2, 0.25) is 0 Å². The number of likely N-dealkylation sites (N-methyl/N-ethyl adjacent to an activating group) is 1. The van der Waals surface area contributed by atoms with E-state index in [1.54, 1.807) is 6.92 Å². The van der Waals surface area contributed by atoms with Crippen molar-refractivity contribution in [1.29, 1.82) is 0 Å². The van der Waals surface area contributed by atoms with Crippen LogP contribution in [0.2, 0.25) is 0 Å². The number of carboxylic acids is 1. The van der Waals surface area contributed by atoms with Gasteiger partial charge in [-0.15, -0.1) is 0 Å². The molecule has 2 unspecified atom stereocenters. The van der Waals surface area contributed by atoms with Crippen molar-refractivity contribution in [3.8, 4) is 0 Å². The summed E-state index contributed by atoms with van der Waals surface area (Å²) in [6, 6.07) is 8.50. The molecular weight excluding hydrogens is 214 g/mol. The lowest BCUT2D eigenvalue weighted by Crippen LogP contribution is -2.35. The van der Waals surface area contributed by atoms with E-state index >= 15 is 0 Å². The van der Waals surface area contributed by atoms with Gasteiger partial charge in [0.05, 0.1) is 5.92 Å². The summed E-state index contributed by atoms with van der Waals surface area (Å²) in [7, 11) is 2.00. The topological polar surface area (TPSA) is 40.5 Å². The third-order valence-corrected chi connectivity index (χ3v) is 3.50. The van der Waals surface area contributed by atoms with Crippen LogP contribution in [0.5, 0.6) is 0 Å². The molecule has 3 nitrogen and oxygen atoms in total. The van der Waals surface area contributed by atoms with E-state index in [2.05, 4.69) is 29.2 Å². The zero-order valence-electron chi connectivity index (χ0n) is 10.4. The van der Waals surface area contributed by atoms with Gasteiger partial charge < -0.3 is 10.0 Å². The molecule has 1 aromatic rings. The van der Waals surface area contributed by atoms with Crippen molar-refractivity contribution in [3.63, 3.8) is 0 Å². The molecule has 17 heavy (non-hydrogen) atoms. The fourth-order valence-electron chi connectivity index (χ4n) is 2.52. The fraction of sp³-hybridized carbons (Fsp3) is 0.500. The third kappa shape index (κ3) is 2.67. The highest BCUT2D eigenvalue weighted by atomic mass is 16.4. The van der Waals surface area contributed by atoms with Gasteiger partial charge in [0.15, 0.2) is 0 Å². The lowest BCUT2D eigenvalue weighted by atomic mass is 9.77. The first-order chi connectivity index (χ1) is 8.08. The zero-order valence-corrected chi connectivity index (χ0v) is 10.4. The van der Waals surface area contributed by atoms with Crippen molar-refractivity contribution in [3.05, 3.63) is 35.4 Å². The Balaban J connectivity index is 1.86. The molecule has 2 atom stereocenters. The molecule has 0 saturated carbocycles. The minimum absolute atomic E-state index is 0.296. The molecule has 0 bridgehead atoms. The van der Waals surface area contributed by atoms with Crippen LogP contribution in [0.4, 0.5) is 0 Å². The second-order valence-electron chi connectivity index (χ2n) is 5.06. The smallest absolute Gasteiger partial charge is 0.307 e. The normalized spacial score (nSPS) is 19.6. The molecule has 0 fully saturated rings. The van der Waals surface area contributed by atoms with Gasteiger partial charge in [-0.25, -0.2) is 0 Å². The van der Waals surface area contributed by atoms with E-state index < -0.39 is 5.97 Å². The highest BCUT2D eigenvalue weighted by Crippen LogP contribution is 2.35. The van der Waals surface area contributed by atoms with Crippen LogP contribution in [0.25, 0.3) is 0 Å². The third-order valence-electron chi connectivity index (χ3n) is 3.50. The lowest BCUT2D eigenvalue weighted by molar-refractivity contribution is -0.141. The summed E-state index contributed by atoms with van der Waals surface area (Å²) in [6.45, 7) is 3.33. The van der Waals surface area contributed by atoms with Crippen molar-refractivity contribution in [1.82, 2.24) is 4.90 Å². The maximum Gasteiger partial charge on any atom is 0.307 e. The lowest BCUT2D eigenvalue weighted by Gasteiger charge is -2.33. The van der Waals surface area contributed by atoms with E-state index in [1.165, 1.54) is 11.1 Å². The summed E-state index contributed by atoms with van der Waals surface area (Å²) < 4.78 is 0. The number of rotatable bonds is 5. The van der Waals surface area contributed by atoms with Gasteiger partial charge in [0, 0.05) is 19.0 Å². The van der Waals surface area contributed by atoms with Crippen molar-refractivity contribution in [2.75, 3.05) is 20.1 Å². The summed E-state index contributed by atoms with van der Waals surface area (Å²) in [4.78, 5) is 12.9. The molecule has 0 aliphatic heterocycles. The quantitative estimate of drug-likeness (QED) is 0.845. The molecule has 0 radical (unpaired) electrons. The van der Waals surface area contributed by atoms with E-state index in [9.17, 15) is 4.79 Å². The van der Waals surface area contributed by atoms with Crippen molar-refractivity contribution < 1.29 is 9.90 Å². The molecule has 92 valence electrons. The Morgan fingerprint density at radius 2 is 2.24 bits per heavy atom. The number of hydrogen-bond acceptors (Lipinski definition) is 2. The van der Waals surface area contributed by atoms with Crippen LogP contribution in [0.1, 0.15) is 24.0 Å². The summed E-state index contributed by atoms with van der Waals surface area (Å²) in [5, 5.41) is 8.87. The number of carbonyl (C=O) groups is 1. The van der Waals surface area contributed by atoms with Gasteiger partial charge >= 0.3 is 5.97 Å². The molecule has 0 amide bonds. The summed E-state index contributed by atoms with van der Waals surface area (Å²) >= 11 is 0. The minimum Gasteiger partial charge on any atom is -0.481 e. The largest absolute Gasteiger partial charge is 0.481 e. The Morgan fingerprint density at radius 3 is 2.88 bits per heavy atom. The van der Waals surface area contributed by atoms with Crippen LogP contribution < -0.4 is 0 Å². The first kappa shape index (κ1) is 12.1. The molecule has 1 aromatic carbocycles. The number of hydrogen-bond donors (Lipinski definition) is 1. The Bertz CT molecular complexity index is 416. The standard InChI is InChI=1S/C14H19NO2/c1-10(14(16)17)8-15(2)9-12-7-11-5-3-4-6-13(11)12/h3-6,10,12H,7-9H2,1-2H3,(H,16,17). The SMILES string of the molecule is CC(CN(C)CC1Cc2ccccc21)C(=O)O. The van der Waals surface area contributed by atoms with E-state index in [-0.39, 0.29) is 5.92 Å². The maximum absolute atomic E-state index is 10.8. The zero-order chi connectivity index (χ0) is 12.4. The predicted molar refractivity (Wildman–Crippen MR) is 67.2 cm³/mol. The van der Waals surface area contributed by atoms with Crippen LogP contribution in [-0.4, -0.2) is 36.1 Å². The first-order valence-corrected chi connectivity index (χ1v) is 6.07. The first-order valence-electron chi connectivity index (χ1n) is 6.07. The van der Waals surface area contributed by atoms with Crippen molar-refractivity contribution >= 4 is 5.97 Å². The molecule has 3 heteroatoms. The average Bonchev–Trinajstić information content (AvgIpc) is 2.25. The predicted octanol–water partition coefficient (Wildman–Crippen LogP) is 1.98. The van der Waals surface area contributed by atoms with Crippen LogP contribution in [-0.2, 0) is 11.2 Å². The molecule has 1 N–H and O–H groups in total. The summed E-state index contributed by atoms with van der Waals surface area (Å²) in [6.07, 6.45) is 1.13. The number of fused-ring (bicyclic) bond motifs is 1. The van der Waals surface area contributed by atoms with E-state index in [0.29, 0.717) is 12.5 Å². The Morgan fingerprint density at radius 1 is 1.53 bits per heavy atom. The Labute approximate surface area is 102 Å². The number of aliphatic carboxylic acids is 1. The van der Waals surface area contributed by atoms with Gasteiger partial charge in [0.25, 0.3) is 0 Å². The minimum atomic E-state index is -0.717. The maximum atomic E-state index is 10.8.